The number of ether oxygens (including phenoxy) is 2. The molecule has 6 heteroatoms. The molecule has 2 rings (SSSR count). The van der Waals surface area contributed by atoms with Gasteiger partial charge in [-0.05, 0) is 22.0 Å². The summed E-state index contributed by atoms with van der Waals surface area (Å²) in [6.45, 7) is 0.999. The van der Waals surface area contributed by atoms with Gasteiger partial charge in [-0.25, -0.2) is 4.52 Å². The maximum atomic E-state index is 8.92. The molecular formula is C11H10BrN3O2. The van der Waals surface area contributed by atoms with Crippen LogP contribution in [0.5, 0.6) is 5.75 Å². The smallest absolute Gasteiger partial charge is 0.138 e. The minimum atomic E-state index is 0.473. The van der Waals surface area contributed by atoms with E-state index in [0.717, 1.165) is 9.99 Å². The first-order valence-corrected chi connectivity index (χ1v) is 5.74. The fourth-order valence-electron chi connectivity index (χ4n) is 1.45. The number of hydrogen-bond donors (Lipinski definition) is 0. The molecule has 0 atom stereocenters. The molecule has 0 amide bonds. The number of rotatable bonds is 4. The van der Waals surface area contributed by atoms with Crippen molar-refractivity contribution >= 4 is 21.4 Å². The van der Waals surface area contributed by atoms with Gasteiger partial charge < -0.3 is 9.47 Å². The Kier molecular flexibility index (Phi) is 3.61. The van der Waals surface area contributed by atoms with E-state index in [1.165, 1.54) is 6.20 Å². The molecule has 2 aromatic heterocycles. The molecule has 2 aromatic rings. The second kappa shape index (κ2) is 5.17. The number of nitriles is 1. The van der Waals surface area contributed by atoms with E-state index in [-0.39, 0.29) is 0 Å². The van der Waals surface area contributed by atoms with Crippen LogP contribution in [0.4, 0.5) is 0 Å². The number of halogens is 1. The highest BCUT2D eigenvalue weighted by atomic mass is 79.9. The third-order valence-electron chi connectivity index (χ3n) is 2.22. The van der Waals surface area contributed by atoms with Crippen molar-refractivity contribution in [2.24, 2.45) is 0 Å². The topological polar surface area (TPSA) is 59.5 Å². The Bertz CT molecular complexity index is 574. The fraction of sp³-hybridized carbons (Fsp3) is 0.273. The highest BCUT2D eigenvalue weighted by Crippen LogP contribution is 2.26. The number of aromatic nitrogens is 2. The zero-order chi connectivity index (χ0) is 12.3. The molecule has 0 fully saturated rings. The Morgan fingerprint density at radius 2 is 2.35 bits per heavy atom. The average Bonchev–Trinajstić information content (AvgIpc) is 2.73. The van der Waals surface area contributed by atoms with Crippen molar-refractivity contribution < 1.29 is 9.47 Å². The average molecular weight is 296 g/mol. The lowest BCUT2D eigenvalue weighted by Gasteiger charge is -2.07. The van der Waals surface area contributed by atoms with E-state index >= 15 is 0 Å². The van der Waals surface area contributed by atoms with Crippen LogP contribution in [0.3, 0.4) is 0 Å². The van der Waals surface area contributed by atoms with Gasteiger partial charge in [-0.3, -0.25) is 0 Å². The van der Waals surface area contributed by atoms with Gasteiger partial charge in [0.15, 0.2) is 0 Å². The monoisotopic (exact) mass is 295 g/mol. The van der Waals surface area contributed by atoms with Crippen LogP contribution < -0.4 is 4.74 Å². The predicted octanol–water partition coefficient (Wildman–Crippen LogP) is 1.99. The van der Waals surface area contributed by atoms with Crippen LogP contribution in [0.25, 0.3) is 5.52 Å². The van der Waals surface area contributed by atoms with Crippen LogP contribution in [0.15, 0.2) is 22.9 Å². The van der Waals surface area contributed by atoms with Crippen molar-refractivity contribution in [2.45, 2.75) is 0 Å². The van der Waals surface area contributed by atoms with Crippen LogP contribution in [-0.4, -0.2) is 29.9 Å². The van der Waals surface area contributed by atoms with Crippen LogP contribution in [0.2, 0.25) is 0 Å². The summed E-state index contributed by atoms with van der Waals surface area (Å²) in [5.74, 6) is 0.675. The Morgan fingerprint density at radius 3 is 3.06 bits per heavy atom. The van der Waals surface area contributed by atoms with Gasteiger partial charge in [-0.1, -0.05) is 0 Å². The fourth-order valence-corrected chi connectivity index (χ4v) is 2.07. The quantitative estimate of drug-likeness (QED) is 0.810. The summed E-state index contributed by atoms with van der Waals surface area (Å²) in [5, 5.41) is 13.0. The van der Waals surface area contributed by atoms with Crippen molar-refractivity contribution in [1.82, 2.24) is 9.61 Å². The van der Waals surface area contributed by atoms with Crippen molar-refractivity contribution in [1.29, 1.82) is 5.26 Å². The molecule has 2 heterocycles. The second-order valence-electron chi connectivity index (χ2n) is 3.33. The summed E-state index contributed by atoms with van der Waals surface area (Å²) >= 11 is 3.40. The van der Waals surface area contributed by atoms with Crippen LogP contribution in [0.1, 0.15) is 5.56 Å². The van der Waals surface area contributed by atoms with Crippen molar-refractivity contribution in [3.8, 4) is 11.8 Å². The van der Waals surface area contributed by atoms with Gasteiger partial charge in [0.1, 0.15) is 18.4 Å². The third-order valence-corrected chi connectivity index (χ3v) is 2.82. The zero-order valence-electron chi connectivity index (χ0n) is 9.18. The Balaban J connectivity index is 2.33. The summed E-state index contributed by atoms with van der Waals surface area (Å²) in [5.41, 5.74) is 1.27. The number of fused-ring (bicyclic) bond motifs is 1. The lowest BCUT2D eigenvalue weighted by molar-refractivity contribution is 0.146. The first-order chi connectivity index (χ1) is 8.26. The second-order valence-corrected chi connectivity index (χ2v) is 4.18. The Labute approximate surface area is 107 Å². The summed E-state index contributed by atoms with van der Waals surface area (Å²) < 4.78 is 12.8. The Hall–Kier alpha value is -1.58. The summed E-state index contributed by atoms with van der Waals surface area (Å²) in [6.07, 6.45) is 3.26. The molecule has 0 saturated heterocycles. The standard InChI is InChI=1S/C11H10BrN3O2/c1-16-2-3-17-9-4-10(12)11-8(5-13)6-14-15(11)7-9/h4,6-7H,2-3H2,1H3. The first kappa shape index (κ1) is 11.9. The molecule has 0 saturated carbocycles. The normalized spacial score (nSPS) is 10.4. The number of pyridine rings is 1. The van der Waals surface area contributed by atoms with Crippen LogP contribution in [0, 0.1) is 11.3 Å². The van der Waals surface area contributed by atoms with E-state index in [0.29, 0.717) is 24.5 Å². The van der Waals surface area contributed by atoms with Gasteiger partial charge in [-0.15, -0.1) is 0 Å². The molecule has 0 aliphatic carbocycles. The van der Waals surface area contributed by atoms with Crippen molar-refractivity contribution in [3.05, 3.63) is 28.5 Å². The minimum Gasteiger partial charge on any atom is -0.490 e. The van der Waals surface area contributed by atoms with E-state index in [1.807, 2.05) is 6.07 Å². The van der Waals surface area contributed by atoms with Gasteiger partial charge in [0.05, 0.1) is 30.1 Å². The molecule has 0 aliphatic rings. The molecular weight excluding hydrogens is 286 g/mol. The van der Waals surface area contributed by atoms with Crippen LogP contribution >= 0.6 is 15.9 Å². The van der Waals surface area contributed by atoms with Crippen LogP contribution in [-0.2, 0) is 4.74 Å². The van der Waals surface area contributed by atoms with E-state index in [9.17, 15) is 0 Å². The number of methoxy groups -OCH3 is 1. The van der Waals surface area contributed by atoms with Gasteiger partial charge in [0.25, 0.3) is 0 Å². The highest BCUT2D eigenvalue weighted by molar-refractivity contribution is 9.10. The summed E-state index contributed by atoms with van der Waals surface area (Å²) in [7, 11) is 1.62. The van der Waals surface area contributed by atoms with Gasteiger partial charge >= 0.3 is 0 Å². The van der Waals surface area contributed by atoms with E-state index < -0.39 is 0 Å². The molecule has 88 valence electrons. The van der Waals surface area contributed by atoms with E-state index in [2.05, 4.69) is 27.1 Å². The van der Waals surface area contributed by atoms with Gasteiger partial charge in [0.2, 0.25) is 0 Å². The largest absolute Gasteiger partial charge is 0.490 e. The van der Waals surface area contributed by atoms with E-state index in [4.69, 9.17) is 14.7 Å². The lowest BCUT2D eigenvalue weighted by Crippen LogP contribution is -2.05. The molecule has 0 aromatic carbocycles. The molecule has 0 aliphatic heterocycles. The molecule has 17 heavy (non-hydrogen) atoms. The molecule has 0 radical (unpaired) electrons. The summed E-state index contributed by atoms with van der Waals surface area (Å²) in [6, 6.07) is 3.90. The first-order valence-electron chi connectivity index (χ1n) is 4.95. The SMILES string of the molecule is COCCOc1cc(Br)c2c(C#N)cnn2c1. The molecule has 5 nitrogen and oxygen atoms in total. The molecule has 0 N–H and O–H groups in total. The highest BCUT2D eigenvalue weighted by Gasteiger charge is 2.09. The van der Waals surface area contributed by atoms with E-state index in [1.54, 1.807) is 17.8 Å². The molecule has 0 unspecified atom stereocenters. The Morgan fingerprint density at radius 1 is 1.53 bits per heavy atom. The van der Waals surface area contributed by atoms with Crippen molar-refractivity contribution in [2.75, 3.05) is 20.3 Å². The molecule has 0 bridgehead atoms. The third kappa shape index (κ3) is 2.40. The predicted molar refractivity (Wildman–Crippen MR) is 65.0 cm³/mol. The van der Waals surface area contributed by atoms with Gasteiger partial charge in [-0.2, -0.15) is 10.4 Å². The number of hydrogen-bond acceptors (Lipinski definition) is 4. The number of nitrogens with zero attached hydrogens (tertiary/aromatic N) is 3. The van der Waals surface area contributed by atoms with Crippen molar-refractivity contribution in [3.63, 3.8) is 0 Å². The minimum absolute atomic E-state index is 0.473. The maximum Gasteiger partial charge on any atom is 0.138 e. The maximum absolute atomic E-state index is 8.92. The zero-order valence-corrected chi connectivity index (χ0v) is 10.8. The van der Waals surface area contributed by atoms with Gasteiger partial charge in [0, 0.05) is 11.6 Å². The lowest BCUT2D eigenvalue weighted by atomic mass is 10.3. The summed E-state index contributed by atoms with van der Waals surface area (Å²) in [4.78, 5) is 0. The molecule has 0 spiro atoms.